The molecule has 2 aromatic rings. The van der Waals surface area contributed by atoms with Crippen molar-refractivity contribution in [2.75, 3.05) is 18.2 Å². The Morgan fingerprint density at radius 3 is 2.35 bits per heavy atom. The third-order valence-electron chi connectivity index (χ3n) is 4.01. The zero-order valence-electron chi connectivity index (χ0n) is 15.4. The van der Waals surface area contributed by atoms with Gasteiger partial charge < -0.3 is 10.1 Å². The maximum atomic E-state index is 12.4. The van der Waals surface area contributed by atoms with Crippen LogP contribution in [0.3, 0.4) is 0 Å². The molecule has 0 spiro atoms. The molecule has 0 atom stereocenters. The average Bonchev–Trinajstić information content (AvgIpc) is 2.60. The summed E-state index contributed by atoms with van der Waals surface area (Å²) in [5.74, 6) is 0.490. The van der Waals surface area contributed by atoms with E-state index in [0.717, 1.165) is 31.3 Å². The Morgan fingerprint density at radius 1 is 1.08 bits per heavy atom. The lowest BCUT2D eigenvalue weighted by atomic mass is 10.1. The summed E-state index contributed by atoms with van der Waals surface area (Å²) in [6.07, 6.45) is 4.46. The molecule has 0 radical (unpaired) electrons. The largest absolute Gasteiger partial charge is 0.494 e. The third kappa shape index (κ3) is 5.59. The SMILES string of the molecule is CCCCCOc1ccc(C(=O)Nc2ccc(S(C)(=O)=O)cc2C)cc1. The summed E-state index contributed by atoms with van der Waals surface area (Å²) >= 11 is 0. The van der Waals surface area contributed by atoms with E-state index in [1.165, 1.54) is 6.07 Å². The molecule has 26 heavy (non-hydrogen) atoms. The maximum absolute atomic E-state index is 12.4. The highest BCUT2D eigenvalue weighted by Crippen LogP contribution is 2.21. The van der Waals surface area contributed by atoms with Crippen molar-refractivity contribution in [2.24, 2.45) is 0 Å². The molecule has 0 saturated carbocycles. The van der Waals surface area contributed by atoms with Gasteiger partial charge in [-0.3, -0.25) is 4.79 Å². The second-order valence-electron chi connectivity index (χ2n) is 6.28. The van der Waals surface area contributed by atoms with Crippen molar-refractivity contribution in [2.45, 2.75) is 38.0 Å². The molecule has 2 rings (SSSR count). The number of unbranched alkanes of at least 4 members (excludes halogenated alkanes) is 2. The van der Waals surface area contributed by atoms with E-state index in [0.29, 0.717) is 23.4 Å². The summed E-state index contributed by atoms with van der Waals surface area (Å²) < 4.78 is 28.8. The van der Waals surface area contributed by atoms with Crippen molar-refractivity contribution < 1.29 is 17.9 Å². The molecular formula is C20H25NO4S. The second kappa shape index (κ2) is 8.85. The number of anilines is 1. The molecule has 2 aromatic carbocycles. The van der Waals surface area contributed by atoms with Crippen LogP contribution in [0.4, 0.5) is 5.69 Å². The van der Waals surface area contributed by atoms with Crippen LogP contribution >= 0.6 is 0 Å². The molecule has 0 fully saturated rings. The number of amides is 1. The monoisotopic (exact) mass is 375 g/mol. The minimum absolute atomic E-state index is 0.234. The van der Waals surface area contributed by atoms with E-state index in [1.54, 1.807) is 43.3 Å². The number of rotatable bonds is 8. The summed E-state index contributed by atoms with van der Waals surface area (Å²) in [6, 6.07) is 11.6. The highest BCUT2D eigenvalue weighted by Gasteiger charge is 2.12. The molecule has 1 N–H and O–H groups in total. The first-order valence-electron chi connectivity index (χ1n) is 8.66. The van der Waals surface area contributed by atoms with Gasteiger partial charge >= 0.3 is 0 Å². The van der Waals surface area contributed by atoms with Gasteiger partial charge in [0.25, 0.3) is 5.91 Å². The van der Waals surface area contributed by atoms with Crippen molar-refractivity contribution in [3.63, 3.8) is 0 Å². The van der Waals surface area contributed by atoms with Crippen LogP contribution in [0.2, 0.25) is 0 Å². The Bertz CT molecular complexity index is 858. The van der Waals surface area contributed by atoms with E-state index in [2.05, 4.69) is 12.2 Å². The van der Waals surface area contributed by atoms with Gasteiger partial charge in [-0.25, -0.2) is 8.42 Å². The number of carbonyl (C=O) groups is 1. The van der Waals surface area contributed by atoms with E-state index in [9.17, 15) is 13.2 Å². The first kappa shape index (κ1) is 20.0. The molecular weight excluding hydrogens is 350 g/mol. The lowest BCUT2D eigenvalue weighted by molar-refractivity contribution is 0.102. The predicted molar refractivity (Wildman–Crippen MR) is 104 cm³/mol. The molecule has 0 aliphatic carbocycles. The zero-order chi connectivity index (χ0) is 19.2. The van der Waals surface area contributed by atoms with E-state index in [-0.39, 0.29) is 10.8 Å². The summed E-state index contributed by atoms with van der Waals surface area (Å²) in [7, 11) is -3.27. The molecule has 0 aliphatic heterocycles. The summed E-state index contributed by atoms with van der Waals surface area (Å²) in [6.45, 7) is 4.58. The Labute approximate surface area is 155 Å². The molecule has 0 unspecified atom stereocenters. The summed E-state index contributed by atoms with van der Waals surface area (Å²) in [4.78, 5) is 12.6. The van der Waals surface area contributed by atoms with Crippen LogP contribution in [0.5, 0.6) is 5.75 Å². The molecule has 0 aliphatic rings. The van der Waals surface area contributed by atoms with E-state index < -0.39 is 9.84 Å². The fraction of sp³-hybridized carbons (Fsp3) is 0.350. The van der Waals surface area contributed by atoms with Gasteiger partial charge in [0, 0.05) is 17.5 Å². The molecule has 1 amide bonds. The summed E-state index contributed by atoms with van der Waals surface area (Å²) in [5.41, 5.74) is 1.79. The van der Waals surface area contributed by atoms with Crippen molar-refractivity contribution in [1.29, 1.82) is 0 Å². The Balaban J connectivity index is 2.01. The first-order valence-corrected chi connectivity index (χ1v) is 10.6. The minimum atomic E-state index is -3.27. The minimum Gasteiger partial charge on any atom is -0.494 e. The predicted octanol–water partition coefficient (Wildman–Crippen LogP) is 4.22. The fourth-order valence-electron chi connectivity index (χ4n) is 2.45. The second-order valence-corrected chi connectivity index (χ2v) is 8.30. The van der Waals surface area contributed by atoms with Crippen molar-refractivity contribution >= 4 is 21.4 Å². The van der Waals surface area contributed by atoms with Gasteiger partial charge in [0.2, 0.25) is 0 Å². The molecule has 0 aromatic heterocycles. The molecule has 0 heterocycles. The van der Waals surface area contributed by atoms with E-state index >= 15 is 0 Å². The number of sulfone groups is 1. The highest BCUT2D eigenvalue weighted by atomic mass is 32.2. The normalized spacial score (nSPS) is 11.2. The number of hydrogen-bond donors (Lipinski definition) is 1. The molecule has 140 valence electrons. The van der Waals surface area contributed by atoms with Gasteiger partial charge in [0.05, 0.1) is 11.5 Å². The number of benzene rings is 2. The zero-order valence-corrected chi connectivity index (χ0v) is 16.2. The third-order valence-corrected chi connectivity index (χ3v) is 5.12. The quantitative estimate of drug-likeness (QED) is 0.701. The van der Waals surface area contributed by atoms with Gasteiger partial charge in [-0.1, -0.05) is 19.8 Å². The Morgan fingerprint density at radius 2 is 1.77 bits per heavy atom. The number of ether oxygens (including phenoxy) is 1. The first-order chi connectivity index (χ1) is 12.3. The van der Waals surface area contributed by atoms with Crippen LogP contribution in [0.15, 0.2) is 47.4 Å². The van der Waals surface area contributed by atoms with E-state index in [1.807, 2.05) is 0 Å². The summed E-state index contributed by atoms with van der Waals surface area (Å²) in [5, 5.41) is 2.81. The van der Waals surface area contributed by atoms with Gasteiger partial charge in [-0.05, 0) is 61.4 Å². The number of nitrogens with one attached hydrogen (secondary N) is 1. The van der Waals surface area contributed by atoms with Gasteiger partial charge in [0.15, 0.2) is 9.84 Å². The van der Waals surface area contributed by atoms with E-state index in [4.69, 9.17) is 4.74 Å². The lowest BCUT2D eigenvalue weighted by Gasteiger charge is -2.10. The maximum Gasteiger partial charge on any atom is 0.255 e. The van der Waals surface area contributed by atoms with Crippen LogP contribution in [0.25, 0.3) is 0 Å². The highest BCUT2D eigenvalue weighted by molar-refractivity contribution is 7.90. The average molecular weight is 375 g/mol. The van der Waals surface area contributed by atoms with Crippen LogP contribution in [0, 0.1) is 6.92 Å². The van der Waals surface area contributed by atoms with Crippen LogP contribution in [-0.2, 0) is 9.84 Å². The standard InChI is InChI=1S/C20H25NO4S/c1-4-5-6-13-25-17-9-7-16(8-10-17)20(22)21-19-12-11-18(14-15(19)2)26(3,23)24/h7-12,14H,4-6,13H2,1-3H3,(H,21,22). The van der Waals surface area contributed by atoms with Gasteiger partial charge in [0.1, 0.15) is 5.75 Å². The van der Waals surface area contributed by atoms with Crippen molar-refractivity contribution in [3.05, 3.63) is 53.6 Å². The molecule has 0 saturated heterocycles. The van der Waals surface area contributed by atoms with Crippen LogP contribution < -0.4 is 10.1 Å². The smallest absolute Gasteiger partial charge is 0.255 e. The molecule has 6 heteroatoms. The Kier molecular flexibility index (Phi) is 6.80. The van der Waals surface area contributed by atoms with Gasteiger partial charge in [-0.2, -0.15) is 0 Å². The number of carbonyl (C=O) groups excluding carboxylic acids is 1. The number of hydrogen-bond acceptors (Lipinski definition) is 4. The fourth-order valence-corrected chi connectivity index (χ4v) is 3.15. The van der Waals surface area contributed by atoms with Crippen molar-refractivity contribution in [3.8, 4) is 5.75 Å². The molecule has 0 bridgehead atoms. The van der Waals surface area contributed by atoms with Crippen LogP contribution in [-0.4, -0.2) is 27.2 Å². The molecule has 5 nitrogen and oxygen atoms in total. The van der Waals surface area contributed by atoms with Gasteiger partial charge in [-0.15, -0.1) is 0 Å². The number of aryl methyl sites for hydroxylation is 1. The topological polar surface area (TPSA) is 72.5 Å². The van der Waals surface area contributed by atoms with Crippen molar-refractivity contribution in [1.82, 2.24) is 0 Å². The Hall–Kier alpha value is -2.34. The van der Waals surface area contributed by atoms with Crippen LogP contribution in [0.1, 0.15) is 42.1 Å². The lowest BCUT2D eigenvalue weighted by Crippen LogP contribution is -2.13.